The third-order valence-corrected chi connectivity index (χ3v) is 4.73. The molecule has 1 aliphatic rings. The van der Waals surface area contributed by atoms with E-state index in [1.54, 1.807) is 0 Å². The first-order valence-electron chi connectivity index (χ1n) is 6.50. The Morgan fingerprint density at radius 3 is 2.67 bits per heavy atom. The van der Waals surface area contributed by atoms with Gasteiger partial charge >= 0.3 is 0 Å². The number of nitrogens with one attached hydrogen (secondary N) is 1. The van der Waals surface area contributed by atoms with Crippen molar-refractivity contribution < 1.29 is 0 Å². The molecule has 0 saturated carbocycles. The van der Waals surface area contributed by atoms with Crippen LogP contribution in [0.5, 0.6) is 0 Å². The second-order valence-corrected chi connectivity index (χ2v) is 7.27. The summed E-state index contributed by atoms with van der Waals surface area (Å²) in [5.74, 6) is 0. The molecule has 1 aromatic heterocycles. The van der Waals surface area contributed by atoms with Gasteiger partial charge in [-0.15, -0.1) is 23.7 Å². The van der Waals surface area contributed by atoms with Crippen molar-refractivity contribution in [3.63, 3.8) is 0 Å². The van der Waals surface area contributed by atoms with Gasteiger partial charge in [0.05, 0.1) is 0 Å². The normalized spacial score (nSPS) is 21.7. The van der Waals surface area contributed by atoms with Crippen LogP contribution in [0.1, 0.15) is 37.4 Å². The van der Waals surface area contributed by atoms with Gasteiger partial charge in [-0.2, -0.15) is 0 Å². The number of halogens is 1. The minimum absolute atomic E-state index is 0. The lowest BCUT2D eigenvalue weighted by atomic mass is 9.95. The molecule has 1 N–H and O–H groups in total. The Morgan fingerprint density at radius 1 is 1.39 bits per heavy atom. The van der Waals surface area contributed by atoms with E-state index in [0.29, 0.717) is 11.5 Å². The quantitative estimate of drug-likeness (QED) is 0.899. The second-order valence-electron chi connectivity index (χ2n) is 6.11. The number of piperazine rings is 1. The van der Waals surface area contributed by atoms with Crippen molar-refractivity contribution in [2.24, 2.45) is 0 Å². The highest BCUT2D eigenvalue weighted by Gasteiger charge is 2.19. The summed E-state index contributed by atoms with van der Waals surface area (Å²) in [7, 11) is 0. The standard InChI is InChI=1S/C14H24N2S.ClH/c1-11-9-16(8-7-15-11)10-12-5-6-13(17-12)14(2,3)4;/h5-6,11,15H,7-10H2,1-4H3;1H. The molecule has 1 aromatic rings. The summed E-state index contributed by atoms with van der Waals surface area (Å²) >= 11 is 1.97. The molecular weight excluding hydrogens is 264 g/mol. The van der Waals surface area contributed by atoms with Gasteiger partial charge in [0.15, 0.2) is 0 Å². The molecule has 18 heavy (non-hydrogen) atoms. The van der Waals surface area contributed by atoms with Gasteiger partial charge < -0.3 is 5.32 Å². The zero-order valence-corrected chi connectivity index (χ0v) is 13.5. The van der Waals surface area contributed by atoms with E-state index in [1.165, 1.54) is 22.8 Å². The average molecular weight is 289 g/mol. The fourth-order valence-electron chi connectivity index (χ4n) is 2.24. The number of hydrogen-bond donors (Lipinski definition) is 1. The van der Waals surface area contributed by atoms with Gasteiger partial charge in [-0.05, 0) is 24.5 Å². The van der Waals surface area contributed by atoms with Gasteiger partial charge in [0.25, 0.3) is 0 Å². The SMILES string of the molecule is CC1CN(Cc2ccc(C(C)(C)C)s2)CCN1.Cl. The van der Waals surface area contributed by atoms with Gasteiger partial charge in [-0.25, -0.2) is 0 Å². The molecule has 0 radical (unpaired) electrons. The summed E-state index contributed by atoms with van der Waals surface area (Å²) in [5, 5.41) is 3.49. The predicted octanol–water partition coefficient (Wildman–Crippen LogP) is 3.26. The molecular formula is C14H25ClN2S. The molecule has 1 saturated heterocycles. The molecule has 0 aliphatic carbocycles. The Balaban J connectivity index is 0.00000162. The maximum Gasteiger partial charge on any atom is 0.0329 e. The molecule has 2 heterocycles. The lowest BCUT2D eigenvalue weighted by Crippen LogP contribution is -2.48. The van der Waals surface area contributed by atoms with Crippen molar-refractivity contribution in [3.8, 4) is 0 Å². The molecule has 2 nitrogen and oxygen atoms in total. The summed E-state index contributed by atoms with van der Waals surface area (Å²) in [4.78, 5) is 5.55. The first-order chi connectivity index (χ1) is 7.95. The van der Waals surface area contributed by atoms with Crippen LogP contribution >= 0.6 is 23.7 Å². The molecule has 0 bridgehead atoms. The molecule has 0 amide bonds. The van der Waals surface area contributed by atoms with E-state index >= 15 is 0 Å². The van der Waals surface area contributed by atoms with Gasteiger partial charge in [0.1, 0.15) is 0 Å². The van der Waals surface area contributed by atoms with Gasteiger partial charge in [0, 0.05) is 42.0 Å². The number of rotatable bonds is 2. The van der Waals surface area contributed by atoms with E-state index in [0.717, 1.165) is 13.1 Å². The smallest absolute Gasteiger partial charge is 0.0329 e. The molecule has 1 unspecified atom stereocenters. The van der Waals surface area contributed by atoms with Gasteiger partial charge in [0.2, 0.25) is 0 Å². The maximum absolute atomic E-state index is 3.49. The van der Waals surface area contributed by atoms with Crippen LogP contribution in [0.2, 0.25) is 0 Å². The van der Waals surface area contributed by atoms with E-state index < -0.39 is 0 Å². The van der Waals surface area contributed by atoms with E-state index in [4.69, 9.17) is 0 Å². The molecule has 0 aromatic carbocycles. The van der Waals surface area contributed by atoms with Crippen LogP contribution in [0.15, 0.2) is 12.1 Å². The van der Waals surface area contributed by atoms with Crippen molar-refractivity contribution in [2.75, 3.05) is 19.6 Å². The lowest BCUT2D eigenvalue weighted by molar-refractivity contribution is 0.201. The van der Waals surface area contributed by atoms with E-state index in [9.17, 15) is 0 Å². The molecule has 2 rings (SSSR count). The first kappa shape index (κ1) is 16.0. The van der Waals surface area contributed by atoms with Crippen LogP contribution < -0.4 is 5.32 Å². The average Bonchev–Trinajstić information content (AvgIpc) is 2.65. The Kier molecular flexibility index (Phi) is 5.66. The summed E-state index contributed by atoms with van der Waals surface area (Å²) < 4.78 is 0. The predicted molar refractivity (Wildman–Crippen MR) is 83.0 cm³/mol. The van der Waals surface area contributed by atoms with Crippen LogP contribution in [-0.4, -0.2) is 30.6 Å². The van der Waals surface area contributed by atoms with Crippen LogP contribution in [0.25, 0.3) is 0 Å². The fourth-order valence-corrected chi connectivity index (χ4v) is 3.35. The van der Waals surface area contributed by atoms with Crippen LogP contribution in [0.3, 0.4) is 0 Å². The zero-order valence-electron chi connectivity index (χ0n) is 11.8. The summed E-state index contributed by atoms with van der Waals surface area (Å²) in [6.07, 6.45) is 0. The zero-order chi connectivity index (χ0) is 12.5. The topological polar surface area (TPSA) is 15.3 Å². The van der Waals surface area contributed by atoms with Gasteiger partial charge in [-0.1, -0.05) is 20.8 Å². The fraction of sp³-hybridized carbons (Fsp3) is 0.714. The monoisotopic (exact) mass is 288 g/mol. The molecule has 0 spiro atoms. The van der Waals surface area contributed by atoms with Crippen LogP contribution in [0.4, 0.5) is 0 Å². The number of hydrogen-bond acceptors (Lipinski definition) is 3. The second kappa shape index (κ2) is 6.38. The Bertz CT molecular complexity index is 370. The van der Waals surface area contributed by atoms with E-state index in [2.05, 4.69) is 50.0 Å². The van der Waals surface area contributed by atoms with Crippen LogP contribution in [0, 0.1) is 0 Å². The lowest BCUT2D eigenvalue weighted by Gasteiger charge is -2.31. The van der Waals surface area contributed by atoms with Crippen molar-refractivity contribution in [3.05, 3.63) is 21.9 Å². The molecule has 1 atom stereocenters. The van der Waals surface area contributed by atoms with E-state index in [1.807, 2.05) is 11.3 Å². The highest BCUT2D eigenvalue weighted by Crippen LogP contribution is 2.30. The Morgan fingerprint density at radius 2 is 2.11 bits per heavy atom. The molecule has 4 heteroatoms. The molecule has 1 fully saturated rings. The van der Waals surface area contributed by atoms with Crippen molar-refractivity contribution in [1.82, 2.24) is 10.2 Å². The summed E-state index contributed by atoms with van der Waals surface area (Å²) in [5.41, 5.74) is 0.291. The molecule has 104 valence electrons. The highest BCUT2D eigenvalue weighted by atomic mass is 35.5. The number of nitrogens with zero attached hydrogens (tertiary/aromatic N) is 1. The Hall–Kier alpha value is -0.0900. The van der Waals surface area contributed by atoms with Crippen molar-refractivity contribution >= 4 is 23.7 Å². The minimum Gasteiger partial charge on any atom is -0.312 e. The number of thiophene rings is 1. The Labute approximate surface area is 121 Å². The maximum atomic E-state index is 3.49. The highest BCUT2D eigenvalue weighted by molar-refractivity contribution is 7.12. The van der Waals surface area contributed by atoms with Gasteiger partial charge in [-0.3, -0.25) is 4.90 Å². The third kappa shape index (κ3) is 4.23. The minimum atomic E-state index is 0. The van der Waals surface area contributed by atoms with E-state index in [-0.39, 0.29) is 12.4 Å². The molecule has 1 aliphatic heterocycles. The summed E-state index contributed by atoms with van der Waals surface area (Å²) in [6.45, 7) is 13.7. The third-order valence-electron chi connectivity index (χ3n) is 3.23. The summed E-state index contributed by atoms with van der Waals surface area (Å²) in [6, 6.07) is 5.23. The largest absolute Gasteiger partial charge is 0.312 e. The first-order valence-corrected chi connectivity index (χ1v) is 7.32. The van der Waals surface area contributed by atoms with Crippen molar-refractivity contribution in [1.29, 1.82) is 0 Å². The van der Waals surface area contributed by atoms with Crippen molar-refractivity contribution in [2.45, 2.75) is 45.7 Å². The van der Waals surface area contributed by atoms with Crippen LogP contribution in [-0.2, 0) is 12.0 Å².